The third-order valence-corrected chi connectivity index (χ3v) is 2.71. The molecule has 18 heavy (non-hydrogen) atoms. The summed E-state index contributed by atoms with van der Waals surface area (Å²) in [4.78, 5) is 11.7. The van der Waals surface area contributed by atoms with Crippen LogP contribution in [0.2, 0.25) is 0 Å². The van der Waals surface area contributed by atoms with Gasteiger partial charge in [-0.3, -0.25) is 0 Å². The molecule has 3 nitrogen and oxygen atoms in total. The number of fused-ring (bicyclic) bond motifs is 1. The van der Waals surface area contributed by atoms with Gasteiger partial charge in [0.15, 0.2) is 0 Å². The van der Waals surface area contributed by atoms with E-state index in [1.165, 1.54) is 11.1 Å². The molecule has 2 rings (SSSR count). The first-order valence-corrected chi connectivity index (χ1v) is 6.20. The van der Waals surface area contributed by atoms with Crippen molar-refractivity contribution < 1.29 is 9.53 Å². The Bertz CT molecular complexity index is 472. The van der Waals surface area contributed by atoms with Crippen molar-refractivity contribution in [3.05, 3.63) is 41.5 Å². The summed E-state index contributed by atoms with van der Waals surface area (Å²) >= 11 is 0. The van der Waals surface area contributed by atoms with Crippen molar-refractivity contribution in [2.75, 3.05) is 0 Å². The van der Waals surface area contributed by atoms with E-state index in [2.05, 4.69) is 17.4 Å². The average Bonchev–Trinajstić information content (AvgIpc) is 2.26. The van der Waals surface area contributed by atoms with Crippen LogP contribution in [-0.4, -0.2) is 17.7 Å². The van der Waals surface area contributed by atoms with Gasteiger partial charge in [-0.1, -0.05) is 36.4 Å². The number of carbonyl (C=O) groups excluding carboxylic acids is 1. The van der Waals surface area contributed by atoms with Gasteiger partial charge in [-0.25, -0.2) is 4.79 Å². The molecule has 1 aliphatic carbocycles. The molecule has 0 aliphatic heterocycles. The van der Waals surface area contributed by atoms with Crippen LogP contribution in [-0.2, 0) is 11.2 Å². The molecular weight excluding hydrogens is 226 g/mol. The van der Waals surface area contributed by atoms with Gasteiger partial charge >= 0.3 is 6.09 Å². The van der Waals surface area contributed by atoms with E-state index in [9.17, 15) is 4.79 Å². The first kappa shape index (κ1) is 12.7. The van der Waals surface area contributed by atoms with Crippen molar-refractivity contribution in [2.24, 2.45) is 0 Å². The minimum absolute atomic E-state index is 0.00903. The Morgan fingerprint density at radius 1 is 1.33 bits per heavy atom. The Hall–Kier alpha value is -1.77. The fraction of sp³-hybridized carbons (Fsp3) is 0.400. The molecule has 0 saturated carbocycles. The van der Waals surface area contributed by atoms with Gasteiger partial charge in [-0.2, -0.15) is 0 Å². The van der Waals surface area contributed by atoms with E-state index in [-0.39, 0.29) is 12.1 Å². The van der Waals surface area contributed by atoms with E-state index >= 15 is 0 Å². The Kier molecular flexibility index (Phi) is 3.41. The summed E-state index contributed by atoms with van der Waals surface area (Å²) in [6.45, 7) is 5.58. The monoisotopic (exact) mass is 245 g/mol. The van der Waals surface area contributed by atoms with E-state index in [1.807, 2.05) is 45.1 Å². The van der Waals surface area contributed by atoms with Gasteiger partial charge in [0.05, 0.1) is 6.04 Å². The van der Waals surface area contributed by atoms with Gasteiger partial charge < -0.3 is 10.1 Å². The molecule has 1 aromatic rings. The number of alkyl carbamates (subject to hydrolysis) is 1. The van der Waals surface area contributed by atoms with E-state index in [1.54, 1.807) is 0 Å². The fourth-order valence-electron chi connectivity index (χ4n) is 1.97. The summed E-state index contributed by atoms with van der Waals surface area (Å²) < 4.78 is 5.24. The smallest absolute Gasteiger partial charge is 0.408 e. The van der Waals surface area contributed by atoms with Crippen molar-refractivity contribution in [3.8, 4) is 0 Å². The van der Waals surface area contributed by atoms with Crippen LogP contribution in [0.4, 0.5) is 4.79 Å². The number of carbonyl (C=O) groups is 1. The van der Waals surface area contributed by atoms with Crippen LogP contribution in [0, 0.1) is 0 Å². The highest BCUT2D eigenvalue weighted by Gasteiger charge is 2.20. The van der Waals surface area contributed by atoms with Gasteiger partial charge in [0.25, 0.3) is 0 Å². The molecule has 0 radical (unpaired) electrons. The zero-order valence-electron chi connectivity index (χ0n) is 11.1. The second-order valence-electron chi connectivity index (χ2n) is 5.51. The predicted octanol–water partition coefficient (Wildman–Crippen LogP) is 3.15. The molecule has 1 N–H and O–H groups in total. The van der Waals surface area contributed by atoms with Crippen molar-refractivity contribution in [3.63, 3.8) is 0 Å². The highest BCUT2D eigenvalue weighted by atomic mass is 16.6. The quantitative estimate of drug-likeness (QED) is 0.825. The third kappa shape index (κ3) is 3.36. The number of nitrogens with one attached hydrogen (secondary N) is 1. The molecule has 0 aromatic heterocycles. The Balaban J connectivity index is 1.96. The maximum atomic E-state index is 11.7. The lowest BCUT2D eigenvalue weighted by Gasteiger charge is -2.24. The normalized spacial score (nSPS) is 18.1. The number of hydrogen-bond acceptors (Lipinski definition) is 2. The molecule has 1 atom stereocenters. The zero-order chi connectivity index (χ0) is 13.2. The topological polar surface area (TPSA) is 38.3 Å². The van der Waals surface area contributed by atoms with E-state index in [0.717, 1.165) is 6.42 Å². The van der Waals surface area contributed by atoms with Gasteiger partial charge in [0, 0.05) is 0 Å². The van der Waals surface area contributed by atoms with E-state index in [0.29, 0.717) is 0 Å². The molecule has 0 saturated heterocycles. The van der Waals surface area contributed by atoms with E-state index < -0.39 is 5.60 Å². The lowest BCUT2D eigenvalue weighted by molar-refractivity contribution is 0.0514. The number of hydrogen-bond donors (Lipinski definition) is 1. The summed E-state index contributed by atoms with van der Waals surface area (Å²) in [7, 11) is 0. The van der Waals surface area contributed by atoms with Crippen LogP contribution < -0.4 is 5.32 Å². The molecule has 1 aromatic carbocycles. The molecule has 1 aliphatic rings. The Morgan fingerprint density at radius 3 is 2.78 bits per heavy atom. The van der Waals surface area contributed by atoms with Crippen molar-refractivity contribution in [1.29, 1.82) is 0 Å². The molecule has 1 amide bonds. The Labute approximate surface area is 108 Å². The molecule has 96 valence electrons. The van der Waals surface area contributed by atoms with Crippen LogP contribution in [0.5, 0.6) is 0 Å². The number of amides is 1. The van der Waals surface area contributed by atoms with Crippen LogP contribution in [0.3, 0.4) is 0 Å². The van der Waals surface area contributed by atoms with Crippen LogP contribution in [0.15, 0.2) is 30.3 Å². The van der Waals surface area contributed by atoms with Gasteiger partial charge in [-0.05, 0) is 38.3 Å². The summed E-state index contributed by atoms with van der Waals surface area (Å²) in [6, 6.07) is 8.21. The summed E-state index contributed by atoms with van der Waals surface area (Å²) in [5, 5.41) is 2.87. The highest BCUT2D eigenvalue weighted by Crippen LogP contribution is 2.19. The zero-order valence-corrected chi connectivity index (χ0v) is 11.1. The lowest BCUT2D eigenvalue weighted by atomic mass is 9.94. The van der Waals surface area contributed by atoms with Crippen molar-refractivity contribution in [2.45, 2.75) is 38.8 Å². The van der Waals surface area contributed by atoms with Gasteiger partial charge in [0.2, 0.25) is 0 Å². The second-order valence-corrected chi connectivity index (χ2v) is 5.51. The standard InChI is InChI=1S/C15H19NO2/c1-15(2,3)18-14(17)16-13-9-8-11-6-4-5-7-12(11)10-13/h4-9,13H,10H2,1-3H3,(H,16,17)/t13-/m1/s1. The van der Waals surface area contributed by atoms with Crippen LogP contribution in [0.25, 0.3) is 6.08 Å². The maximum Gasteiger partial charge on any atom is 0.408 e. The maximum absolute atomic E-state index is 11.7. The molecular formula is C15H19NO2. The number of rotatable bonds is 1. The molecule has 0 heterocycles. The van der Waals surface area contributed by atoms with Crippen LogP contribution in [0.1, 0.15) is 31.9 Å². The number of ether oxygens (including phenoxy) is 1. The minimum Gasteiger partial charge on any atom is -0.444 e. The van der Waals surface area contributed by atoms with E-state index in [4.69, 9.17) is 4.74 Å². The summed E-state index contributed by atoms with van der Waals surface area (Å²) in [6.07, 6.45) is 4.50. The molecule has 0 bridgehead atoms. The summed E-state index contributed by atoms with van der Waals surface area (Å²) in [5.74, 6) is 0. The molecule has 0 fully saturated rings. The molecule has 3 heteroatoms. The second kappa shape index (κ2) is 4.84. The third-order valence-electron chi connectivity index (χ3n) is 2.71. The van der Waals surface area contributed by atoms with Crippen molar-refractivity contribution in [1.82, 2.24) is 5.32 Å². The first-order valence-electron chi connectivity index (χ1n) is 6.20. The fourth-order valence-corrected chi connectivity index (χ4v) is 1.97. The molecule has 0 spiro atoms. The largest absolute Gasteiger partial charge is 0.444 e. The average molecular weight is 245 g/mol. The van der Waals surface area contributed by atoms with Crippen molar-refractivity contribution >= 4 is 12.2 Å². The predicted molar refractivity (Wildman–Crippen MR) is 72.3 cm³/mol. The van der Waals surface area contributed by atoms with Gasteiger partial charge in [0.1, 0.15) is 5.60 Å². The SMILES string of the molecule is CC(C)(C)OC(=O)N[C@@H]1C=Cc2ccccc2C1. The first-order chi connectivity index (χ1) is 8.44. The highest BCUT2D eigenvalue weighted by molar-refractivity contribution is 5.69. The minimum atomic E-state index is -0.458. The number of benzene rings is 1. The lowest BCUT2D eigenvalue weighted by Crippen LogP contribution is -2.39. The molecule has 0 unspecified atom stereocenters. The van der Waals surface area contributed by atoms with Crippen LogP contribution >= 0.6 is 0 Å². The summed E-state index contributed by atoms with van der Waals surface area (Å²) in [5.41, 5.74) is 2.01. The van der Waals surface area contributed by atoms with Gasteiger partial charge in [-0.15, -0.1) is 0 Å². The Morgan fingerprint density at radius 2 is 2.06 bits per heavy atom.